The molecule has 1 fully saturated rings. The minimum absolute atomic E-state index is 0.00411. The predicted octanol–water partition coefficient (Wildman–Crippen LogP) is 0.447. The summed E-state index contributed by atoms with van der Waals surface area (Å²) in [6.07, 6.45) is 1.49. The van der Waals surface area contributed by atoms with Crippen LogP contribution in [-0.2, 0) is 16.4 Å². The van der Waals surface area contributed by atoms with Crippen molar-refractivity contribution in [2.24, 2.45) is 0 Å². The molecule has 2 rings (SSSR count). The standard InChI is InChI=1S/C12H16N2O4S/c15-12(16)11-5-1-3-9(14-11)7-13-10-4-2-6-19(17,18)8-10/h1,3,5,10,13H,2,4,6-8H2,(H,15,16). The Hall–Kier alpha value is -1.47. The molecular weight excluding hydrogens is 268 g/mol. The zero-order valence-corrected chi connectivity index (χ0v) is 11.2. The Balaban J connectivity index is 1.95. The van der Waals surface area contributed by atoms with E-state index in [0.717, 1.165) is 6.42 Å². The van der Waals surface area contributed by atoms with Gasteiger partial charge in [0.05, 0.1) is 17.2 Å². The molecule has 0 aromatic carbocycles. The first kappa shape index (κ1) is 14.0. The van der Waals surface area contributed by atoms with E-state index >= 15 is 0 Å². The van der Waals surface area contributed by atoms with Crippen molar-refractivity contribution in [3.63, 3.8) is 0 Å². The number of carboxylic acids is 1. The normalized spacial score (nSPS) is 22.0. The Morgan fingerprint density at radius 1 is 1.47 bits per heavy atom. The second kappa shape index (κ2) is 5.66. The van der Waals surface area contributed by atoms with Gasteiger partial charge in [0.15, 0.2) is 9.84 Å². The molecule has 7 heteroatoms. The van der Waals surface area contributed by atoms with Gasteiger partial charge in [-0.1, -0.05) is 6.07 Å². The fourth-order valence-electron chi connectivity index (χ4n) is 2.13. The van der Waals surface area contributed by atoms with E-state index in [-0.39, 0.29) is 23.2 Å². The van der Waals surface area contributed by atoms with Crippen molar-refractivity contribution in [2.45, 2.75) is 25.4 Å². The highest BCUT2D eigenvalue weighted by Crippen LogP contribution is 2.12. The third-order valence-corrected chi connectivity index (χ3v) is 4.88. The van der Waals surface area contributed by atoms with Gasteiger partial charge in [-0.05, 0) is 25.0 Å². The number of aromatic carboxylic acids is 1. The lowest BCUT2D eigenvalue weighted by Crippen LogP contribution is -2.39. The van der Waals surface area contributed by atoms with E-state index < -0.39 is 15.8 Å². The fourth-order valence-corrected chi connectivity index (χ4v) is 3.80. The molecule has 1 aromatic heterocycles. The monoisotopic (exact) mass is 284 g/mol. The van der Waals surface area contributed by atoms with Crippen LogP contribution in [0.15, 0.2) is 18.2 Å². The van der Waals surface area contributed by atoms with Crippen LogP contribution in [0.25, 0.3) is 0 Å². The lowest BCUT2D eigenvalue weighted by Gasteiger charge is -2.22. The third-order valence-electron chi connectivity index (χ3n) is 3.06. The summed E-state index contributed by atoms with van der Waals surface area (Å²) in [7, 11) is -2.93. The van der Waals surface area contributed by atoms with Crippen LogP contribution in [0.5, 0.6) is 0 Å². The molecule has 1 aromatic rings. The maximum absolute atomic E-state index is 11.5. The molecule has 6 nitrogen and oxygen atoms in total. The summed E-state index contributed by atoms with van der Waals surface area (Å²) in [5.41, 5.74) is 0.596. The van der Waals surface area contributed by atoms with Gasteiger partial charge in [0, 0.05) is 12.6 Å². The molecule has 1 aliphatic rings. The quantitative estimate of drug-likeness (QED) is 0.833. The summed E-state index contributed by atoms with van der Waals surface area (Å²) in [6, 6.07) is 4.70. The van der Waals surface area contributed by atoms with Gasteiger partial charge in [-0.2, -0.15) is 0 Å². The van der Waals surface area contributed by atoms with E-state index in [0.29, 0.717) is 18.7 Å². The van der Waals surface area contributed by atoms with Gasteiger partial charge in [0.2, 0.25) is 0 Å². The summed E-state index contributed by atoms with van der Waals surface area (Å²) in [6.45, 7) is 0.376. The topological polar surface area (TPSA) is 96.4 Å². The van der Waals surface area contributed by atoms with E-state index in [1.54, 1.807) is 12.1 Å². The van der Waals surface area contributed by atoms with Crippen molar-refractivity contribution in [1.29, 1.82) is 0 Å². The molecule has 0 amide bonds. The Morgan fingerprint density at radius 2 is 2.26 bits per heavy atom. The molecule has 0 aliphatic carbocycles. The maximum Gasteiger partial charge on any atom is 0.354 e. The predicted molar refractivity (Wildman–Crippen MR) is 69.7 cm³/mol. The number of aromatic nitrogens is 1. The highest BCUT2D eigenvalue weighted by Gasteiger charge is 2.24. The van der Waals surface area contributed by atoms with Gasteiger partial charge in [0.25, 0.3) is 0 Å². The van der Waals surface area contributed by atoms with Crippen LogP contribution in [0, 0.1) is 0 Å². The number of nitrogens with zero attached hydrogens (tertiary/aromatic N) is 1. The zero-order chi connectivity index (χ0) is 13.9. The molecule has 0 bridgehead atoms. The molecule has 0 radical (unpaired) electrons. The molecular formula is C12H16N2O4S. The first-order valence-corrected chi connectivity index (χ1v) is 7.91. The Labute approximate surface area is 111 Å². The minimum atomic E-state index is -2.93. The molecule has 1 atom stereocenters. The average molecular weight is 284 g/mol. The van der Waals surface area contributed by atoms with Crippen molar-refractivity contribution in [3.05, 3.63) is 29.6 Å². The molecule has 104 valence electrons. The molecule has 2 heterocycles. The average Bonchev–Trinajstić information content (AvgIpc) is 2.35. The van der Waals surface area contributed by atoms with Gasteiger partial charge < -0.3 is 10.4 Å². The van der Waals surface area contributed by atoms with Crippen LogP contribution in [0.3, 0.4) is 0 Å². The van der Waals surface area contributed by atoms with E-state index in [2.05, 4.69) is 10.3 Å². The molecule has 2 N–H and O–H groups in total. The molecule has 19 heavy (non-hydrogen) atoms. The summed E-state index contributed by atoms with van der Waals surface area (Å²) in [5.74, 6) is -0.661. The van der Waals surface area contributed by atoms with Gasteiger partial charge in [-0.3, -0.25) is 0 Å². The molecule has 0 spiro atoms. The van der Waals surface area contributed by atoms with Gasteiger partial charge in [-0.25, -0.2) is 18.2 Å². The first-order chi connectivity index (χ1) is 8.96. The summed E-state index contributed by atoms with van der Waals surface area (Å²) in [5, 5.41) is 12.0. The Kier molecular flexibility index (Phi) is 4.16. The minimum Gasteiger partial charge on any atom is -0.477 e. The molecule has 1 saturated heterocycles. The highest BCUT2D eigenvalue weighted by molar-refractivity contribution is 7.91. The van der Waals surface area contributed by atoms with Gasteiger partial charge >= 0.3 is 5.97 Å². The first-order valence-electron chi connectivity index (χ1n) is 6.09. The molecule has 1 unspecified atom stereocenters. The van der Waals surface area contributed by atoms with Crippen LogP contribution in [0.1, 0.15) is 29.0 Å². The number of rotatable bonds is 4. The summed E-state index contributed by atoms with van der Waals surface area (Å²) < 4.78 is 23.0. The van der Waals surface area contributed by atoms with Gasteiger partial charge in [0.1, 0.15) is 5.69 Å². The number of pyridine rings is 1. The molecule has 1 aliphatic heterocycles. The van der Waals surface area contributed by atoms with Crippen molar-refractivity contribution in [3.8, 4) is 0 Å². The van der Waals surface area contributed by atoms with Crippen molar-refractivity contribution in [1.82, 2.24) is 10.3 Å². The number of carbonyl (C=O) groups is 1. The fraction of sp³-hybridized carbons (Fsp3) is 0.500. The smallest absolute Gasteiger partial charge is 0.354 e. The van der Waals surface area contributed by atoms with Crippen molar-refractivity contribution in [2.75, 3.05) is 11.5 Å². The van der Waals surface area contributed by atoms with E-state index in [9.17, 15) is 13.2 Å². The lowest BCUT2D eigenvalue weighted by atomic mass is 10.2. The SMILES string of the molecule is O=C(O)c1cccc(CNC2CCCS(=O)(=O)C2)n1. The summed E-state index contributed by atoms with van der Waals surface area (Å²) >= 11 is 0. The number of sulfone groups is 1. The van der Waals surface area contributed by atoms with E-state index in [1.807, 2.05) is 0 Å². The zero-order valence-electron chi connectivity index (χ0n) is 10.4. The maximum atomic E-state index is 11.5. The number of hydrogen-bond acceptors (Lipinski definition) is 5. The molecule has 0 saturated carbocycles. The third kappa shape index (κ3) is 4.00. The highest BCUT2D eigenvalue weighted by atomic mass is 32.2. The van der Waals surface area contributed by atoms with Gasteiger partial charge in [-0.15, -0.1) is 0 Å². The second-order valence-corrected chi connectivity index (χ2v) is 6.88. The van der Waals surface area contributed by atoms with Crippen molar-refractivity contribution >= 4 is 15.8 Å². The van der Waals surface area contributed by atoms with Crippen LogP contribution in [0.2, 0.25) is 0 Å². The summed E-state index contributed by atoms with van der Waals surface area (Å²) in [4.78, 5) is 14.8. The van der Waals surface area contributed by atoms with E-state index in [4.69, 9.17) is 5.11 Å². The van der Waals surface area contributed by atoms with Crippen LogP contribution < -0.4 is 5.32 Å². The van der Waals surface area contributed by atoms with Crippen LogP contribution in [0.4, 0.5) is 0 Å². The Bertz CT molecular complexity index is 571. The van der Waals surface area contributed by atoms with Crippen LogP contribution in [-0.4, -0.2) is 42.0 Å². The lowest BCUT2D eigenvalue weighted by molar-refractivity contribution is 0.0690. The Morgan fingerprint density at radius 3 is 2.95 bits per heavy atom. The number of hydrogen-bond donors (Lipinski definition) is 2. The van der Waals surface area contributed by atoms with Crippen molar-refractivity contribution < 1.29 is 18.3 Å². The second-order valence-electron chi connectivity index (χ2n) is 4.65. The van der Waals surface area contributed by atoms with Crippen LogP contribution >= 0.6 is 0 Å². The largest absolute Gasteiger partial charge is 0.477 e. The van der Waals surface area contributed by atoms with E-state index in [1.165, 1.54) is 6.07 Å². The number of nitrogens with one attached hydrogen (secondary N) is 1. The number of carboxylic acid groups (broad SMARTS) is 1.